The van der Waals surface area contributed by atoms with Crippen LogP contribution >= 0.6 is 0 Å². The first-order chi connectivity index (χ1) is 12.9. The lowest BCUT2D eigenvalue weighted by atomic mass is 9.80. The summed E-state index contributed by atoms with van der Waals surface area (Å²) >= 11 is 0. The number of hydrogen-bond acceptors (Lipinski definition) is 3. The topological polar surface area (TPSA) is 35.8 Å². The number of halogens is 4. The van der Waals surface area contributed by atoms with Crippen molar-refractivity contribution in [3.05, 3.63) is 59.4 Å². The van der Waals surface area contributed by atoms with Crippen molar-refractivity contribution in [3.8, 4) is 0 Å². The predicted octanol–water partition coefficient (Wildman–Crippen LogP) is 5.09. The predicted molar refractivity (Wildman–Crippen MR) is 95.1 cm³/mol. The molecule has 27 heavy (non-hydrogen) atoms. The molecule has 1 saturated heterocycles. The van der Waals surface area contributed by atoms with E-state index in [1.165, 1.54) is 5.56 Å². The zero-order chi connectivity index (χ0) is 19.4. The van der Waals surface area contributed by atoms with E-state index in [2.05, 4.69) is 22.2 Å². The lowest BCUT2D eigenvalue weighted by Gasteiger charge is -2.34. The van der Waals surface area contributed by atoms with Crippen LogP contribution in [0.4, 0.5) is 17.6 Å². The summed E-state index contributed by atoms with van der Waals surface area (Å²) in [6.45, 7) is 2.34. The van der Waals surface area contributed by atoms with Gasteiger partial charge in [0.25, 0.3) is 0 Å². The molecule has 1 aromatic rings. The molecule has 1 atom stereocenters. The van der Waals surface area contributed by atoms with Gasteiger partial charge in [0.2, 0.25) is 0 Å². The molecule has 0 amide bonds. The summed E-state index contributed by atoms with van der Waals surface area (Å²) in [6.07, 6.45) is -1.84. The smallest absolute Gasteiger partial charge is 0.411 e. The number of benzene rings is 1. The van der Waals surface area contributed by atoms with E-state index in [4.69, 9.17) is 0 Å². The second kappa shape index (κ2) is 8.25. The number of hydrogen-bond donors (Lipinski definition) is 1. The van der Waals surface area contributed by atoms with Gasteiger partial charge in [-0.25, -0.2) is 4.39 Å². The standard InChI is InChI=1S/C20H22F4N2O/c21-18-12-16(20(22,23)24)6-7-17(18)19(25-27)15-8-10-26(11-9-15)13-14-4-2-1-3-5-14/h1-6,12,15,17,27H,7-11,13H2/b25-19-. The molecule has 1 aliphatic heterocycles. The molecule has 1 aliphatic carbocycles. The average molecular weight is 382 g/mol. The molecule has 3 rings (SSSR count). The number of allylic oxidation sites excluding steroid dienone is 4. The van der Waals surface area contributed by atoms with Crippen LogP contribution in [0.25, 0.3) is 0 Å². The third-order valence-electron chi connectivity index (χ3n) is 5.25. The number of alkyl halides is 3. The summed E-state index contributed by atoms with van der Waals surface area (Å²) < 4.78 is 52.5. The molecule has 1 N–H and O–H groups in total. The van der Waals surface area contributed by atoms with Gasteiger partial charge in [-0.15, -0.1) is 0 Å². The largest absolute Gasteiger partial charge is 0.416 e. The monoisotopic (exact) mass is 382 g/mol. The van der Waals surface area contributed by atoms with Gasteiger partial charge in [0, 0.05) is 12.5 Å². The Morgan fingerprint density at radius 3 is 2.37 bits per heavy atom. The number of rotatable bonds is 4. The fraction of sp³-hybridized carbons (Fsp3) is 0.450. The number of oxime groups is 1. The van der Waals surface area contributed by atoms with E-state index in [0.29, 0.717) is 18.9 Å². The Morgan fingerprint density at radius 1 is 1.15 bits per heavy atom. The van der Waals surface area contributed by atoms with Gasteiger partial charge in [-0.05, 0) is 44.0 Å². The summed E-state index contributed by atoms with van der Waals surface area (Å²) in [5.74, 6) is -1.93. The normalized spacial score (nSPS) is 23.1. The fourth-order valence-corrected chi connectivity index (χ4v) is 3.79. The molecule has 3 nitrogen and oxygen atoms in total. The van der Waals surface area contributed by atoms with Crippen molar-refractivity contribution in [1.82, 2.24) is 4.90 Å². The average Bonchev–Trinajstić information content (AvgIpc) is 2.65. The Balaban J connectivity index is 1.60. The third kappa shape index (κ3) is 4.77. The van der Waals surface area contributed by atoms with Crippen LogP contribution in [0.3, 0.4) is 0 Å². The lowest BCUT2D eigenvalue weighted by molar-refractivity contribution is -0.0889. The summed E-state index contributed by atoms with van der Waals surface area (Å²) in [4.78, 5) is 2.27. The Labute approximate surface area is 155 Å². The van der Waals surface area contributed by atoms with Crippen molar-refractivity contribution in [2.45, 2.75) is 32.0 Å². The van der Waals surface area contributed by atoms with Gasteiger partial charge < -0.3 is 5.21 Å². The third-order valence-corrected chi connectivity index (χ3v) is 5.25. The maximum absolute atomic E-state index is 14.3. The highest BCUT2D eigenvalue weighted by molar-refractivity contribution is 5.91. The number of nitrogens with zero attached hydrogens (tertiary/aromatic N) is 2. The van der Waals surface area contributed by atoms with Gasteiger partial charge >= 0.3 is 6.18 Å². The van der Waals surface area contributed by atoms with Crippen molar-refractivity contribution >= 4 is 5.71 Å². The van der Waals surface area contributed by atoms with E-state index in [1.54, 1.807) is 0 Å². The van der Waals surface area contributed by atoms with E-state index in [0.717, 1.165) is 25.7 Å². The van der Waals surface area contributed by atoms with Crippen LogP contribution in [0.5, 0.6) is 0 Å². The Hall–Kier alpha value is -2.15. The minimum atomic E-state index is -4.57. The van der Waals surface area contributed by atoms with E-state index in [9.17, 15) is 22.8 Å². The van der Waals surface area contributed by atoms with Gasteiger partial charge in [0.05, 0.1) is 17.2 Å². The highest BCUT2D eigenvalue weighted by Crippen LogP contribution is 2.37. The molecular weight excluding hydrogens is 360 g/mol. The maximum atomic E-state index is 14.3. The molecule has 7 heteroatoms. The van der Waals surface area contributed by atoms with Crippen LogP contribution in [0.2, 0.25) is 0 Å². The van der Waals surface area contributed by atoms with Crippen LogP contribution in [-0.2, 0) is 6.54 Å². The molecule has 1 heterocycles. The Bertz CT molecular complexity index is 732. The molecule has 0 spiro atoms. The molecule has 1 unspecified atom stereocenters. The zero-order valence-electron chi connectivity index (χ0n) is 14.8. The molecule has 2 aliphatic rings. The van der Waals surface area contributed by atoms with Gasteiger partial charge in [-0.3, -0.25) is 4.90 Å². The van der Waals surface area contributed by atoms with Crippen molar-refractivity contribution in [3.63, 3.8) is 0 Å². The minimum absolute atomic E-state index is 0.132. The Kier molecular flexibility index (Phi) is 5.99. The van der Waals surface area contributed by atoms with Crippen molar-refractivity contribution in [2.24, 2.45) is 17.0 Å². The second-order valence-corrected chi connectivity index (χ2v) is 7.04. The van der Waals surface area contributed by atoms with Gasteiger partial charge in [0.1, 0.15) is 5.83 Å². The first-order valence-corrected chi connectivity index (χ1v) is 9.01. The van der Waals surface area contributed by atoms with Crippen molar-refractivity contribution in [1.29, 1.82) is 0 Å². The lowest BCUT2D eigenvalue weighted by Crippen LogP contribution is -2.38. The van der Waals surface area contributed by atoms with Gasteiger partial charge in [0.15, 0.2) is 0 Å². The van der Waals surface area contributed by atoms with Crippen LogP contribution in [-0.4, -0.2) is 35.1 Å². The van der Waals surface area contributed by atoms with Crippen LogP contribution in [0, 0.1) is 11.8 Å². The number of likely N-dealkylation sites (tertiary alicyclic amines) is 1. The zero-order valence-corrected chi connectivity index (χ0v) is 14.8. The molecule has 1 aromatic carbocycles. The van der Waals surface area contributed by atoms with E-state index >= 15 is 0 Å². The molecular formula is C20H22F4N2O. The summed E-state index contributed by atoms with van der Waals surface area (Å²) in [5, 5.41) is 12.7. The molecule has 0 saturated carbocycles. The maximum Gasteiger partial charge on any atom is 0.416 e. The SMILES string of the molecule is O/N=C(/C1CCN(Cc2ccccc2)CC1)C1CC=C(C(F)(F)F)C=C1F. The van der Waals surface area contributed by atoms with Gasteiger partial charge in [-0.1, -0.05) is 41.6 Å². The number of piperidine rings is 1. The van der Waals surface area contributed by atoms with E-state index in [-0.39, 0.29) is 18.1 Å². The fourth-order valence-electron chi connectivity index (χ4n) is 3.79. The molecule has 0 aromatic heterocycles. The molecule has 146 valence electrons. The van der Waals surface area contributed by atoms with Crippen molar-refractivity contribution < 1.29 is 22.8 Å². The van der Waals surface area contributed by atoms with Crippen molar-refractivity contribution in [2.75, 3.05) is 13.1 Å². The minimum Gasteiger partial charge on any atom is -0.411 e. The summed E-state index contributed by atoms with van der Waals surface area (Å²) in [6, 6.07) is 10.0. The molecule has 1 fully saturated rings. The van der Waals surface area contributed by atoms with E-state index in [1.807, 2.05) is 18.2 Å². The first-order valence-electron chi connectivity index (χ1n) is 9.01. The Morgan fingerprint density at radius 2 is 1.81 bits per heavy atom. The van der Waals surface area contributed by atoms with Crippen LogP contribution in [0.15, 0.2) is 59.0 Å². The van der Waals surface area contributed by atoms with Crippen LogP contribution < -0.4 is 0 Å². The highest BCUT2D eigenvalue weighted by atomic mass is 19.4. The second-order valence-electron chi connectivity index (χ2n) is 7.04. The quantitative estimate of drug-likeness (QED) is 0.341. The van der Waals surface area contributed by atoms with Crippen LogP contribution in [0.1, 0.15) is 24.8 Å². The van der Waals surface area contributed by atoms with Gasteiger partial charge in [-0.2, -0.15) is 13.2 Å². The van der Waals surface area contributed by atoms with E-state index < -0.39 is 23.5 Å². The summed E-state index contributed by atoms with van der Waals surface area (Å²) in [7, 11) is 0. The first kappa shape index (κ1) is 19.6. The molecule has 0 bridgehead atoms. The highest BCUT2D eigenvalue weighted by Gasteiger charge is 2.38. The summed E-state index contributed by atoms with van der Waals surface area (Å²) in [5.41, 5.74) is 0.477. The molecule has 0 radical (unpaired) electrons.